The molecule has 0 aromatic heterocycles. The van der Waals surface area contributed by atoms with Crippen LogP contribution in [0.1, 0.15) is 16.7 Å². The van der Waals surface area contributed by atoms with E-state index in [4.69, 9.17) is 4.74 Å². The summed E-state index contributed by atoms with van der Waals surface area (Å²) in [6, 6.07) is 16.1. The normalized spacial score (nSPS) is 14.1. The molecule has 1 N–H and O–H groups in total. The Kier molecular flexibility index (Phi) is 3.68. The van der Waals surface area contributed by atoms with Gasteiger partial charge >= 0.3 is 0 Å². The van der Waals surface area contributed by atoms with Gasteiger partial charge in [-0.25, -0.2) is 0 Å². The highest BCUT2D eigenvalue weighted by Gasteiger charge is 2.13. The number of ether oxygens (including phenoxy) is 1. The summed E-state index contributed by atoms with van der Waals surface area (Å²) in [6.45, 7) is 1.27. The van der Waals surface area contributed by atoms with Crippen LogP contribution in [0.2, 0.25) is 0 Å². The van der Waals surface area contributed by atoms with Crippen molar-refractivity contribution >= 4 is 5.91 Å². The maximum absolute atomic E-state index is 11.6. The Bertz CT molecular complexity index is 608. The molecule has 1 aliphatic rings. The van der Waals surface area contributed by atoms with Crippen LogP contribution in [0.15, 0.2) is 48.5 Å². The van der Waals surface area contributed by atoms with Crippen LogP contribution in [-0.2, 0) is 24.2 Å². The Morgan fingerprint density at radius 2 is 1.90 bits per heavy atom. The molecule has 0 atom stereocenters. The zero-order valence-electron chi connectivity index (χ0n) is 11.3. The number of nitrogens with one attached hydrogen (secondary N) is 1. The van der Waals surface area contributed by atoms with Gasteiger partial charge in [0.25, 0.3) is 0 Å². The van der Waals surface area contributed by atoms with Crippen molar-refractivity contribution in [1.82, 2.24) is 5.32 Å². The van der Waals surface area contributed by atoms with E-state index in [1.54, 1.807) is 0 Å². The molecule has 20 heavy (non-hydrogen) atoms. The van der Waals surface area contributed by atoms with E-state index in [1.807, 2.05) is 42.5 Å². The highest BCUT2D eigenvalue weighted by molar-refractivity contribution is 5.79. The number of hydrogen-bond donors (Lipinski definition) is 1. The third-order valence-electron chi connectivity index (χ3n) is 3.49. The standard InChI is InChI=1S/C17H17NO2/c19-17-11-15-10-16(7-6-14(15)8-9-18-17)20-12-13-4-2-1-3-5-13/h1-7,10H,8-9,11-12H2,(H,18,19). The molecule has 0 saturated carbocycles. The molecule has 3 nitrogen and oxygen atoms in total. The van der Waals surface area contributed by atoms with Crippen LogP contribution in [0.5, 0.6) is 5.75 Å². The molecule has 0 unspecified atom stereocenters. The average Bonchev–Trinajstić information content (AvgIpc) is 2.66. The van der Waals surface area contributed by atoms with Gasteiger partial charge in [0, 0.05) is 6.54 Å². The van der Waals surface area contributed by atoms with Gasteiger partial charge in [-0.1, -0.05) is 36.4 Å². The van der Waals surface area contributed by atoms with Crippen molar-refractivity contribution in [1.29, 1.82) is 0 Å². The molecule has 1 amide bonds. The summed E-state index contributed by atoms with van der Waals surface area (Å²) in [5.74, 6) is 0.909. The van der Waals surface area contributed by atoms with Crippen molar-refractivity contribution in [2.45, 2.75) is 19.4 Å². The topological polar surface area (TPSA) is 38.3 Å². The van der Waals surface area contributed by atoms with Crippen molar-refractivity contribution in [3.05, 3.63) is 65.2 Å². The fourth-order valence-corrected chi connectivity index (χ4v) is 2.41. The lowest BCUT2D eigenvalue weighted by Gasteiger charge is -2.10. The van der Waals surface area contributed by atoms with Gasteiger partial charge in [-0.15, -0.1) is 0 Å². The molecule has 0 bridgehead atoms. The zero-order valence-corrected chi connectivity index (χ0v) is 11.3. The Morgan fingerprint density at radius 1 is 1.05 bits per heavy atom. The SMILES string of the molecule is O=C1Cc2cc(OCc3ccccc3)ccc2CCN1. The van der Waals surface area contributed by atoms with Crippen molar-refractivity contribution in [3.8, 4) is 5.75 Å². The number of carbonyl (C=O) groups is 1. The van der Waals surface area contributed by atoms with E-state index in [2.05, 4.69) is 11.4 Å². The van der Waals surface area contributed by atoms with Gasteiger partial charge in [0.1, 0.15) is 12.4 Å². The van der Waals surface area contributed by atoms with Crippen molar-refractivity contribution < 1.29 is 9.53 Å². The number of amides is 1. The minimum atomic E-state index is 0.0870. The molecule has 1 heterocycles. The minimum Gasteiger partial charge on any atom is -0.489 e. The molecular weight excluding hydrogens is 250 g/mol. The van der Waals surface area contributed by atoms with E-state index in [0.29, 0.717) is 13.0 Å². The van der Waals surface area contributed by atoms with Crippen molar-refractivity contribution in [3.63, 3.8) is 0 Å². The lowest BCUT2D eigenvalue weighted by atomic mass is 10.0. The molecule has 0 saturated heterocycles. The first kappa shape index (κ1) is 12.7. The van der Waals surface area contributed by atoms with Crippen LogP contribution >= 0.6 is 0 Å². The fraction of sp³-hybridized carbons (Fsp3) is 0.235. The number of benzene rings is 2. The van der Waals surface area contributed by atoms with Gasteiger partial charge in [-0.3, -0.25) is 4.79 Å². The summed E-state index contributed by atoms with van der Waals surface area (Å²) in [5.41, 5.74) is 3.45. The molecule has 3 heteroatoms. The first-order chi connectivity index (χ1) is 9.81. The second kappa shape index (κ2) is 5.78. The number of rotatable bonds is 3. The molecule has 2 aromatic carbocycles. The van der Waals surface area contributed by atoms with E-state index >= 15 is 0 Å². The van der Waals surface area contributed by atoms with E-state index in [1.165, 1.54) is 5.56 Å². The summed E-state index contributed by atoms with van der Waals surface area (Å²) in [5, 5.41) is 2.89. The monoisotopic (exact) mass is 267 g/mol. The van der Waals surface area contributed by atoms with Crippen LogP contribution in [0.25, 0.3) is 0 Å². The number of carbonyl (C=O) groups excluding carboxylic acids is 1. The van der Waals surface area contributed by atoms with Gasteiger partial charge in [-0.2, -0.15) is 0 Å². The van der Waals surface area contributed by atoms with E-state index in [9.17, 15) is 4.79 Å². The van der Waals surface area contributed by atoms with E-state index in [-0.39, 0.29) is 5.91 Å². The molecule has 0 fully saturated rings. The summed E-state index contributed by atoms with van der Waals surface area (Å²) in [7, 11) is 0. The molecule has 0 aliphatic carbocycles. The van der Waals surface area contributed by atoms with Crippen molar-refractivity contribution in [2.24, 2.45) is 0 Å². The van der Waals surface area contributed by atoms with Gasteiger partial charge in [0.15, 0.2) is 0 Å². The lowest BCUT2D eigenvalue weighted by Crippen LogP contribution is -2.24. The van der Waals surface area contributed by atoms with Crippen LogP contribution in [0.3, 0.4) is 0 Å². The lowest BCUT2D eigenvalue weighted by molar-refractivity contribution is -0.120. The molecule has 2 aromatic rings. The molecule has 3 rings (SSSR count). The Balaban J connectivity index is 1.73. The second-order valence-corrected chi connectivity index (χ2v) is 4.98. The van der Waals surface area contributed by atoms with Crippen LogP contribution < -0.4 is 10.1 Å². The third-order valence-corrected chi connectivity index (χ3v) is 3.49. The van der Waals surface area contributed by atoms with Crippen LogP contribution in [-0.4, -0.2) is 12.5 Å². The summed E-state index contributed by atoms with van der Waals surface area (Å²) in [6.07, 6.45) is 1.33. The third kappa shape index (κ3) is 2.99. The summed E-state index contributed by atoms with van der Waals surface area (Å²) < 4.78 is 5.80. The van der Waals surface area contributed by atoms with Gasteiger partial charge in [0.2, 0.25) is 5.91 Å². The number of fused-ring (bicyclic) bond motifs is 1. The van der Waals surface area contributed by atoms with Crippen LogP contribution in [0.4, 0.5) is 0 Å². The van der Waals surface area contributed by atoms with Crippen molar-refractivity contribution in [2.75, 3.05) is 6.54 Å². The Hall–Kier alpha value is -2.29. The predicted octanol–water partition coefficient (Wildman–Crippen LogP) is 2.48. The molecule has 0 radical (unpaired) electrons. The minimum absolute atomic E-state index is 0.0870. The Morgan fingerprint density at radius 3 is 2.75 bits per heavy atom. The summed E-state index contributed by atoms with van der Waals surface area (Å²) >= 11 is 0. The first-order valence-corrected chi connectivity index (χ1v) is 6.86. The maximum Gasteiger partial charge on any atom is 0.224 e. The maximum atomic E-state index is 11.6. The van der Waals surface area contributed by atoms with Gasteiger partial charge < -0.3 is 10.1 Å². The van der Waals surface area contributed by atoms with Gasteiger partial charge in [0.05, 0.1) is 6.42 Å². The fourth-order valence-electron chi connectivity index (χ4n) is 2.41. The molecule has 1 aliphatic heterocycles. The molecular formula is C17H17NO2. The van der Waals surface area contributed by atoms with Gasteiger partial charge in [-0.05, 0) is 35.2 Å². The predicted molar refractivity (Wildman–Crippen MR) is 77.6 cm³/mol. The quantitative estimate of drug-likeness (QED) is 0.927. The van der Waals surface area contributed by atoms with Crippen LogP contribution in [0, 0.1) is 0 Å². The molecule has 0 spiro atoms. The highest BCUT2D eigenvalue weighted by Crippen LogP contribution is 2.21. The van der Waals surface area contributed by atoms with E-state index in [0.717, 1.165) is 29.8 Å². The zero-order chi connectivity index (χ0) is 13.8. The van der Waals surface area contributed by atoms with E-state index < -0.39 is 0 Å². The summed E-state index contributed by atoms with van der Waals surface area (Å²) in [4.78, 5) is 11.6. The molecule has 102 valence electrons. The number of hydrogen-bond acceptors (Lipinski definition) is 2. The average molecular weight is 267 g/mol. The highest BCUT2D eigenvalue weighted by atomic mass is 16.5. The smallest absolute Gasteiger partial charge is 0.224 e. The first-order valence-electron chi connectivity index (χ1n) is 6.86. The Labute approximate surface area is 118 Å². The second-order valence-electron chi connectivity index (χ2n) is 4.98. The largest absolute Gasteiger partial charge is 0.489 e.